The standard InChI is InChI=1S/C24H19ClN2O5S/c1-32-24(29)21-15-26(22-13-6-5-12-20(21)22)23(28)16-27(18-9-7-8-17(25)14-18)33(30,31)19-10-3-2-4-11-19/h2-15H,16H2,1H3. The third-order valence-corrected chi connectivity index (χ3v) is 7.12. The van der Waals surface area contributed by atoms with Crippen LogP contribution in [0.25, 0.3) is 10.9 Å². The second-order valence-corrected chi connectivity index (χ2v) is 9.42. The van der Waals surface area contributed by atoms with Gasteiger partial charge in [-0.05, 0) is 36.4 Å². The van der Waals surface area contributed by atoms with E-state index in [0.717, 1.165) is 4.31 Å². The number of nitrogens with zero attached hydrogens (tertiary/aromatic N) is 2. The topological polar surface area (TPSA) is 85.7 Å². The molecule has 1 heterocycles. The zero-order chi connectivity index (χ0) is 23.6. The van der Waals surface area contributed by atoms with E-state index in [0.29, 0.717) is 15.9 Å². The highest BCUT2D eigenvalue weighted by molar-refractivity contribution is 7.92. The summed E-state index contributed by atoms with van der Waals surface area (Å²) < 4.78 is 34.1. The van der Waals surface area contributed by atoms with E-state index >= 15 is 0 Å². The first-order valence-corrected chi connectivity index (χ1v) is 11.7. The molecule has 7 nitrogen and oxygen atoms in total. The predicted octanol–water partition coefficient (Wildman–Crippen LogP) is 4.62. The number of rotatable bonds is 6. The van der Waals surface area contributed by atoms with Crippen molar-refractivity contribution in [2.45, 2.75) is 4.90 Å². The summed E-state index contributed by atoms with van der Waals surface area (Å²) in [4.78, 5) is 25.7. The number of hydrogen-bond donors (Lipinski definition) is 0. The van der Waals surface area contributed by atoms with Gasteiger partial charge in [0.2, 0.25) is 0 Å². The zero-order valence-electron chi connectivity index (χ0n) is 17.5. The summed E-state index contributed by atoms with van der Waals surface area (Å²) >= 11 is 6.11. The van der Waals surface area contributed by atoms with Gasteiger partial charge < -0.3 is 4.74 Å². The van der Waals surface area contributed by atoms with Gasteiger partial charge in [-0.15, -0.1) is 0 Å². The van der Waals surface area contributed by atoms with Crippen LogP contribution in [-0.4, -0.2) is 38.5 Å². The highest BCUT2D eigenvalue weighted by atomic mass is 35.5. The van der Waals surface area contributed by atoms with E-state index in [-0.39, 0.29) is 16.1 Å². The maximum atomic E-state index is 13.5. The Morgan fingerprint density at radius 3 is 2.36 bits per heavy atom. The minimum Gasteiger partial charge on any atom is -0.465 e. The van der Waals surface area contributed by atoms with Crippen molar-refractivity contribution in [1.82, 2.24) is 4.57 Å². The summed E-state index contributed by atoms with van der Waals surface area (Å²) in [6.07, 6.45) is 1.37. The molecule has 0 amide bonds. The smallest absolute Gasteiger partial charge is 0.340 e. The summed E-state index contributed by atoms with van der Waals surface area (Å²) in [5, 5.41) is 0.852. The normalized spacial score (nSPS) is 11.3. The minimum absolute atomic E-state index is 0.0328. The van der Waals surface area contributed by atoms with Gasteiger partial charge in [-0.25, -0.2) is 13.2 Å². The van der Waals surface area contributed by atoms with Gasteiger partial charge in [0.15, 0.2) is 0 Å². The van der Waals surface area contributed by atoms with Crippen LogP contribution in [0.5, 0.6) is 0 Å². The monoisotopic (exact) mass is 482 g/mol. The van der Waals surface area contributed by atoms with Crippen LogP contribution >= 0.6 is 11.6 Å². The fourth-order valence-electron chi connectivity index (χ4n) is 3.52. The Balaban J connectivity index is 1.81. The van der Waals surface area contributed by atoms with E-state index in [1.165, 1.54) is 36.1 Å². The molecule has 0 aliphatic carbocycles. The van der Waals surface area contributed by atoms with Crippen molar-refractivity contribution in [1.29, 1.82) is 0 Å². The van der Waals surface area contributed by atoms with Crippen LogP contribution in [0.4, 0.5) is 5.69 Å². The molecule has 0 spiro atoms. The molecule has 0 unspecified atom stereocenters. The molecule has 0 saturated heterocycles. The van der Waals surface area contributed by atoms with Crippen LogP contribution in [-0.2, 0) is 14.8 Å². The van der Waals surface area contributed by atoms with Crippen LogP contribution in [0.15, 0.2) is 90.0 Å². The number of carbonyl (C=O) groups is 2. The molecule has 1 aromatic heterocycles. The van der Waals surface area contributed by atoms with Gasteiger partial charge in [0.25, 0.3) is 15.9 Å². The number of anilines is 1. The Morgan fingerprint density at radius 1 is 0.970 bits per heavy atom. The van der Waals surface area contributed by atoms with Gasteiger partial charge in [0, 0.05) is 16.6 Å². The summed E-state index contributed by atoms with van der Waals surface area (Å²) in [6, 6.07) is 20.9. The molecule has 168 valence electrons. The largest absolute Gasteiger partial charge is 0.465 e. The Labute approximate surface area is 195 Å². The quantitative estimate of drug-likeness (QED) is 0.374. The summed E-state index contributed by atoms with van der Waals surface area (Å²) in [5.74, 6) is -1.15. The lowest BCUT2D eigenvalue weighted by Crippen LogP contribution is -2.37. The van der Waals surface area contributed by atoms with E-state index in [2.05, 4.69) is 0 Å². The molecule has 0 aliphatic heterocycles. The van der Waals surface area contributed by atoms with Crippen LogP contribution in [0.3, 0.4) is 0 Å². The fraction of sp³-hybridized carbons (Fsp3) is 0.0833. The molecule has 33 heavy (non-hydrogen) atoms. The van der Waals surface area contributed by atoms with Crippen molar-refractivity contribution in [3.63, 3.8) is 0 Å². The molecule has 3 aromatic carbocycles. The molecule has 0 N–H and O–H groups in total. The number of sulfonamides is 1. The highest BCUT2D eigenvalue weighted by Gasteiger charge is 2.29. The zero-order valence-corrected chi connectivity index (χ0v) is 19.1. The van der Waals surface area contributed by atoms with E-state index in [9.17, 15) is 18.0 Å². The number of halogens is 1. The average Bonchev–Trinajstić information content (AvgIpc) is 3.22. The first-order chi connectivity index (χ1) is 15.8. The lowest BCUT2D eigenvalue weighted by molar-refractivity contribution is 0.0603. The van der Waals surface area contributed by atoms with Crippen molar-refractivity contribution in [2.24, 2.45) is 0 Å². The molecular weight excluding hydrogens is 464 g/mol. The molecule has 0 fully saturated rings. The summed E-state index contributed by atoms with van der Waals surface area (Å²) in [7, 11) is -2.84. The first-order valence-electron chi connectivity index (χ1n) is 9.88. The molecule has 9 heteroatoms. The summed E-state index contributed by atoms with van der Waals surface area (Å²) in [5.41, 5.74) is 0.914. The molecule has 0 atom stereocenters. The first kappa shape index (κ1) is 22.6. The number of methoxy groups -OCH3 is 1. The van der Waals surface area contributed by atoms with Gasteiger partial charge in [0.1, 0.15) is 6.54 Å². The van der Waals surface area contributed by atoms with E-state index in [4.69, 9.17) is 16.3 Å². The Kier molecular flexibility index (Phi) is 6.22. The van der Waals surface area contributed by atoms with Crippen LogP contribution < -0.4 is 4.31 Å². The molecule has 4 rings (SSSR count). The number of fused-ring (bicyclic) bond motifs is 1. The second kappa shape index (κ2) is 9.09. The highest BCUT2D eigenvalue weighted by Crippen LogP contribution is 2.27. The van der Waals surface area contributed by atoms with Crippen molar-refractivity contribution < 1.29 is 22.7 Å². The molecule has 0 bridgehead atoms. The van der Waals surface area contributed by atoms with Crippen molar-refractivity contribution in [3.8, 4) is 0 Å². The second-order valence-electron chi connectivity index (χ2n) is 7.12. The SMILES string of the molecule is COC(=O)c1cn(C(=O)CN(c2cccc(Cl)c2)S(=O)(=O)c2ccccc2)c2ccccc12. The van der Waals surface area contributed by atoms with Crippen molar-refractivity contribution in [2.75, 3.05) is 18.0 Å². The number of hydrogen-bond acceptors (Lipinski definition) is 5. The lowest BCUT2D eigenvalue weighted by Gasteiger charge is -2.24. The Morgan fingerprint density at radius 2 is 1.67 bits per heavy atom. The van der Waals surface area contributed by atoms with Crippen LogP contribution in [0.1, 0.15) is 15.2 Å². The number of ether oxygens (including phenoxy) is 1. The predicted molar refractivity (Wildman–Crippen MR) is 126 cm³/mol. The van der Waals surface area contributed by atoms with Gasteiger partial charge in [-0.1, -0.05) is 54.1 Å². The van der Waals surface area contributed by atoms with Crippen molar-refractivity contribution in [3.05, 3.63) is 95.6 Å². The van der Waals surface area contributed by atoms with E-state index in [1.807, 2.05) is 0 Å². The Hall–Kier alpha value is -3.62. The van der Waals surface area contributed by atoms with E-state index in [1.54, 1.807) is 60.7 Å². The number of carbonyl (C=O) groups excluding carboxylic acids is 2. The van der Waals surface area contributed by atoms with E-state index < -0.39 is 28.4 Å². The third kappa shape index (κ3) is 4.35. The number of esters is 1. The molecule has 4 aromatic rings. The number of para-hydroxylation sites is 1. The van der Waals surface area contributed by atoms with Crippen molar-refractivity contribution >= 4 is 50.1 Å². The van der Waals surface area contributed by atoms with Crippen LogP contribution in [0, 0.1) is 0 Å². The average molecular weight is 483 g/mol. The van der Waals surface area contributed by atoms with Crippen LogP contribution in [0.2, 0.25) is 5.02 Å². The molecule has 0 saturated carbocycles. The number of benzene rings is 3. The molecule has 0 radical (unpaired) electrons. The summed E-state index contributed by atoms with van der Waals surface area (Å²) in [6.45, 7) is -0.517. The van der Waals surface area contributed by atoms with Gasteiger partial charge in [-0.2, -0.15) is 0 Å². The number of aromatic nitrogens is 1. The molecular formula is C24H19ClN2O5S. The van der Waals surface area contributed by atoms with Gasteiger partial charge in [-0.3, -0.25) is 13.7 Å². The minimum atomic E-state index is -4.09. The van der Waals surface area contributed by atoms with Gasteiger partial charge >= 0.3 is 5.97 Å². The Bertz CT molecular complexity index is 1450. The fourth-order valence-corrected chi connectivity index (χ4v) is 5.14. The van der Waals surface area contributed by atoms with Gasteiger partial charge in [0.05, 0.1) is 28.8 Å². The third-order valence-electron chi connectivity index (χ3n) is 5.09. The molecule has 0 aliphatic rings. The maximum absolute atomic E-state index is 13.5. The lowest BCUT2D eigenvalue weighted by atomic mass is 10.2. The maximum Gasteiger partial charge on any atom is 0.340 e.